The Hall–Kier alpha value is 0.577. The summed E-state index contributed by atoms with van der Waals surface area (Å²) in [6.45, 7) is 13.4. The van der Waals surface area contributed by atoms with E-state index in [1.54, 1.807) is 7.11 Å². The Morgan fingerprint density at radius 1 is 1.28 bits per heavy atom. The highest BCUT2D eigenvalue weighted by Crippen LogP contribution is 2.40. The minimum absolute atomic E-state index is 0.0321. The van der Waals surface area contributed by atoms with Gasteiger partial charge in [-0.3, -0.25) is 0 Å². The van der Waals surface area contributed by atoms with Gasteiger partial charge in [0.25, 0.3) is 0 Å². The van der Waals surface area contributed by atoms with Crippen LogP contribution < -0.4 is 0 Å². The van der Waals surface area contributed by atoms with Crippen molar-refractivity contribution in [2.75, 3.05) is 7.11 Å². The summed E-state index contributed by atoms with van der Waals surface area (Å²) in [4.78, 5) is 0. The molecule has 1 aliphatic rings. The van der Waals surface area contributed by atoms with E-state index >= 15 is 0 Å². The molecule has 0 aliphatic carbocycles. The summed E-state index contributed by atoms with van der Waals surface area (Å²) in [5, 5.41) is 0.271. The molecule has 0 aromatic rings. The summed E-state index contributed by atoms with van der Waals surface area (Å²) >= 11 is 3.51. The van der Waals surface area contributed by atoms with Gasteiger partial charge in [0, 0.05) is 13.5 Å². The van der Waals surface area contributed by atoms with Crippen molar-refractivity contribution in [2.24, 2.45) is 0 Å². The lowest BCUT2D eigenvalue weighted by molar-refractivity contribution is -0.140. The van der Waals surface area contributed by atoms with Gasteiger partial charge in [0.15, 0.2) is 8.32 Å². The maximum absolute atomic E-state index is 6.48. The highest BCUT2D eigenvalue weighted by molar-refractivity contribution is 9.09. The summed E-state index contributed by atoms with van der Waals surface area (Å²) < 4.78 is 17.9. The van der Waals surface area contributed by atoms with Crippen LogP contribution in [0, 0.1) is 0 Å². The maximum atomic E-state index is 6.48. The third kappa shape index (κ3) is 3.79. The van der Waals surface area contributed by atoms with Gasteiger partial charge in [0.05, 0.1) is 18.3 Å². The molecule has 1 heterocycles. The van der Waals surface area contributed by atoms with E-state index in [9.17, 15) is 0 Å². The summed E-state index contributed by atoms with van der Waals surface area (Å²) in [5.41, 5.74) is 0. The molecule has 1 aliphatic heterocycles. The fourth-order valence-electron chi connectivity index (χ4n) is 1.90. The average Bonchev–Trinajstić information content (AvgIpc) is 2.19. The molecule has 0 aromatic heterocycles. The molecule has 1 saturated heterocycles. The van der Waals surface area contributed by atoms with Crippen molar-refractivity contribution in [1.29, 1.82) is 0 Å². The second kappa shape index (κ2) is 5.91. The standard InChI is InChI=1S/C13H27BrO3Si/c1-9-12(10(15-5)8-11(14)16-9)17-18(6,7)13(2,3)4/h9-12H,8H2,1-7H3/t9-,10-,11+,12-/m1/s1. The van der Waals surface area contributed by atoms with E-state index in [4.69, 9.17) is 13.9 Å². The van der Waals surface area contributed by atoms with E-state index in [0.29, 0.717) is 0 Å². The van der Waals surface area contributed by atoms with E-state index in [2.05, 4.69) is 56.7 Å². The fraction of sp³-hybridized carbons (Fsp3) is 1.00. The number of hydrogen-bond acceptors (Lipinski definition) is 3. The summed E-state index contributed by atoms with van der Waals surface area (Å²) in [5.74, 6) is 0. The van der Waals surface area contributed by atoms with E-state index < -0.39 is 8.32 Å². The first kappa shape index (κ1) is 16.6. The smallest absolute Gasteiger partial charge is 0.192 e. The van der Waals surface area contributed by atoms with Crippen LogP contribution in [0.5, 0.6) is 0 Å². The Balaban J connectivity index is 2.80. The Labute approximate surface area is 121 Å². The van der Waals surface area contributed by atoms with Crippen LogP contribution in [0.2, 0.25) is 18.1 Å². The van der Waals surface area contributed by atoms with Gasteiger partial charge in [-0.05, 0) is 25.1 Å². The highest BCUT2D eigenvalue weighted by Gasteiger charge is 2.45. The van der Waals surface area contributed by atoms with Crippen LogP contribution in [0.1, 0.15) is 34.1 Å². The van der Waals surface area contributed by atoms with Crippen LogP contribution in [-0.4, -0.2) is 38.8 Å². The van der Waals surface area contributed by atoms with E-state index in [1.165, 1.54) is 0 Å². The highest BCUT2D eigenvalue weighted by atomic mass is 79.9. The predicted molar refractivity (Wildman–Crippen MR) is 80.7 cm³/mol. The number of rotatable bonds is 3. The van der Waals surface area contributed by atoms with Crippen LogP contribution in [-0.2, 0) is 13.9 Å². The minimum atomic E-state index is -1.79. The molecule has 4 atom stereocenters. The molecular formula is C13H27BrO3Si. The average molecular weight is 339 g/mol. The molecule has 0 unspecified atom stereocenters. The van der Waals surface area contributed by atoms with Crippen LogP contribution in [0.25, 0.3) is 0 Å². The number of hydrogen-bond donors (Lipinski definition) is 0. The molecule has 18 heavy (non-hydrogen) atoms. The molecule has 0 N–H and O–H groups in total. The molecule has 1 rings (SSSR count). The molecule has 108 valence electrons. The number of alkyl halides is 1. The number of ether oxygens (including phenoxy) is 2. The Morgan fingerprint density at radius 3 is 2.28 bits per heavy atom. The van der Waals surface area contributed by atoms with E-state index in [1.807, 2.05) is 0 Å². The van der Waals surface area contributed by atoms with Gasteiger partial charge in [0.1, 0.15) is 5.01 Å². The SMILES string of the molecule is CO[C@@H]1C[C@@H](Br)O[C@H](C)[C@H]1O[Si](C)(C)C(C)(C)C. The topological polar surface area (TPSA) is 27.7 Å². The van der Waals surface area contributed by atoms with Crippen LogP contribution >= 0.6 is 15.9 Å². The second-order valence-corrected chi connectivity index (χ2v) is 12.4. The van der Waals surface area contributed by atoms with Crippen molar-refractivity contribution < 1.29 is 13.9 Å². The van der Waals surface area contributed by atoms with Crippen LogP contribution in [0.4, 0.5) is 0 Å². The van der Waals surface area contributed by atoms with Crippen molar-refractivity contribution >= 4 is 24.2 Å². The van der Waals surface area contributed by atoms with Gasteiger partial charge < -0.3 is 13.9 Å². The number of methoxy groups -OCH3 is 1. The van der Waals surface area contributed by atoms with Crippen LogP contribution in [0.15, 0.2) is 0 Å². The Kier molecular flexibility index (Phi) is 5.46. The van der Waals surface area contributed by atoms with Crippen molar-refractivity contribution in [3.63, 3.8) is 0 Å². The second-order valence-electron chi connectivity index (χ2n) is 6.60. The third-order valence-electron chi connectivity index (χ3n) is 4.15. The normalized spacial score (nSPS) is 34.7. The monoisotopic (exact) mass is 338 g/mol. The Bertz CT molecular complexity index is 278. The first-order valence-electron chi connectivity index (χ1n) is 6.58. The maximum Gasteiger partial charge on any atom is 0.192 e. The summed E-state index contributed by atoms with van der Waals surface area (Å²) in [6.07, 6.45) is 1.03. The number of halogens is 1. The van der Waals surface area contributed by atoms with Crippen molar-refractivity contribution in [1.82, 2.24) is 0 Å². The van der Waals surface area contributed by atoms with Gasteiger partial charge in [-0.2, -0.15) is 0 Å². The zero-order valence-electron chi connectivity index (χ0n) is 12.6. The van der Waals surface area contributed by atoms with Gasteiger partial charge in [-0.15, -0.1) is 0 Å². The minimum Gasteiger partial charge on any atom is -0.409 e. The van der Waals surface area contributed by atoms with E-state index in [-0.39, 0.29) is 28.4 Å². The molecule has 0 saturated carbocycles. The molecule has 0 aromatic carbocycles. The van der Waals surface area contributed by atoms with Gasteiger partial charge >= 0.3 is 0 Å². The van der Waals surface area contributed by atoms with Gasteiger partial charge in [0.2, 0.25) is 0 Å². The molecule has 1 fully saturated rings. The molecule has 5 heteroatoms. The van der Waals surface area contributed by atoms with Gasteiger partial charge in [-0.1, -0.05) is 36.7 Å². The lowest BCUT2D eigenvalue weighted by Crippen LogP contribution is -2.54. The largest absolute Gasteiger partial charge is 0.409 e. The lowest BCUT2D eigenvalue weighted by atomic mass is 10.0. The van der Waals surface area contributed by atoms with E-state index in [0.717, 1.165) is 6.42 Å². The third-order valence-corrected chi connectivity index (χ3v) is 9.21. The first-order chi connectivity index (χ1) is 8.08. The zero-order chi connectivity index (χ0) is 14.1. The first-order valence-corrected chi connectivity index (χ1v) is 10.4. The summed E-state index contributed by atoms with van der Waals surface area (Å²) in [7, 11) is -0.0351. The molecule has 0 spiro atoms. The van der Waals surface area contributed by atoms with Crippen molar-refractivity contribution in [3.8, 4) is 0 Å². The Morgan fingerprint density at radius 2 is 1.83 bits per heavy atom. The molecule has 3 nitrogen and oxygen atoms in total. The molecular weight excluding hydrogens is 312 g/mol. The summed E-state index contributed by atoms with van der Waals surface area (Å²) in [6, 6.07) is 0. The van der Waals surface area contributed by atoms with Crippen molar-refractivity contribution in [2.45, 2.75) is 75.6 Å². The molecule has 0 bridgehead atoms. The molecule has 0 radical (unpaired) electrons. The zero-order valence-corrected chi connectivity index (χ0v) is 15.2. The lowest BCUT2D eigenvalue weighted by Gasteiger charge is -2.45. The quantitative estimate of drug-likeness (QED) is 0.576. The fourth-order valence-corrected chi connectivity index (χ4v) is 3.99. The predicted octanol–water partition coefficient (Wildman–Crippen LogP) is 3.92. The van der Waals surface area contributed by atoms with Crippen molar-refractivity contribution in [3.05, 3.63) is 0 Å². The van der Waals surface area contributed by atoms with Crippen LogP contribution in [0.3, 0.4) is 0 Å². The molecule has 0 amide bonds. The van der Waals surface area contributed by atoms with Gasteiger partial charge in [-0.25, -0.2) is 0 Å².